The molecule has 0 saturated heterocycles. The summed E-state index contributed by atoms with van der Waals surface area (Å²) in [5.41, 5.74) is 0.908. The Morgan fingerprint density at radius 2 is 1.84 bits per heavy atom. The molecule has 32 heavy (non-hydrogen) atoms. The minimum absolute atomic E-state index is 0.0809. The lowest BCUT2D eigenvalue weighted by molar-refractivity contribution is -0.140. The molecule has 2 aliphatic heterocycles. The molecule has 0 saturated carbocycles. The third kappa shape index (κ3) is 5.05. The highest BCUT2D eigenvalue weighted by Gasteiger charge is 2.34. The number of carbonyl (C=O) groups excluding carboxylic acids is 4. The maximum Gasteiger partial charge on any atom is 0.354 e. The van der Waals surface area contributed by atoms with E-state index < -0.39 is 24.0 Å². The Labute approximate surface area is 184 Å². The van der Waals surface area contributed by atoms with Crippen molar-refractivity contribution in [2.75, 3.05) is 27.4 Å². The quantitative estimate of drug-likeness (QED) is 0.599. The van der Waals surface area contributed by atoms with Crippen LogP contribution in [0.25, 0.3) is 0 Å². The number of urea groups is 1. The van der Waals surface area contributed by atoms with Gasteiger partial charge in [0, 0.05) is 19.9 Å². The second kappa shape index (κ2) is 9.94. The number of methoxy groups -OCH3 is 1. The first-order chi connectivity index (χ1) is 15.3. The number of rotatable bonds is 7. The van der Waals surface area contributed by atoms with Crippen LogP contribution >= 0.6 is 0 Å². The highest BCUT2D eigenvalue weighted by Crippen LogP contribution is 2.29. The summed E-state index contributed by atoms with van der Waals surface area (Å²) in [5, 5.41) is 10.2. The smallest absolute Gasteiger partial charge is 0.354 e. The van der Waals surface area contributed by atoms with Gasteiger partial charge >= 0.3 is 18.0 Å². The molecule has 0 bridgehead atoms. The van der Waals surface area contributed by atoms with Gasteiger partial charge in [0.05, 0.1) is 31.0 Å². The summed E-state index contributed by atoms with van der Waals surface area (Å²) < 4.78 is 15.6. The number of ether oxygens (including phenoxy) is 3. The summed E-state index contributed by atoms with van der Waals surface area (Å²) in [6.07, 6.45) is 0.287. The molecule has 1 unspecified atom stereocenters. The Balaban J connectivity index is 1.88. The van der Waals surface area contributed by atoms with E-state index in [9.17, 15) is 19.2 Å². The van der Waals surface area contributed by atoms with E-state index in [2.05, 4.69) is 15.7 Å². The molecule has 2 aliphatic rings. The van der Waals surface area contributed by atoms with E-state index in [-0.39, 0.29) is 48.9 Å². The van der Waals surface area contributed by atoms with E-state index >= 15 is 0 Å². The fourth-order valence-corrected chi connectivity index (χ4v) is 3.27. The second-order valence-electron chi connectivity index (χ2n) is 6.96. The summed E-state index contributed by atoms with van der Waals surface area (Å²) in [7, 11) is 2.98. The number of hydrogen-bond donors (Lipinski definition) is 2. The number of benzene rings is 1. The van der Waals surface area contributed by atoms with Crippen LogP contribution in [0.15, 0.2) is 40.6 Å². The summed E-state index contributed by atoms with van der Waals surface area (Å²) in [4.78, 5) is 49.0. The van der Waals surface area contributed by atoms with Crippen LogP contribution in [0.1, 0.15) is 31.4 Å². The molecule has 1 aromatic rings. The van der Waals surface area contributed by atoms with Crippen LogP contribution in [-0.4, -0.2) is 62.0 Å². The van der Waals surface area contributed by atoms with Crippen molar-refractivity contribution in [3.8, 4) is 5.75 Å². The van der Waals surface area contributed by atoms with E-state index in [4.69, 9.17) is 14.2 Å². The third-order valence-corrected chi connectivity index (χ3v) is 4.89. The van der Waals surface area contributed by atoms with Gasteiger partial charge in [-0.05, 0) is 24.6 Å². The van der Waals surface area contributed by atoms with E-state index in [0.717, 1.165) is 5.01 Å². The van der Waals surface area contributed by atoms with Crippen LogP contribution in [0, 0.1) is 0 Å². The van der Waals surface area contributed by atoms with Crippen molar-refractivity contribution in [1.29, 1.82) is 0 Å². The summed E-state index contributed by atoms with van der Waals surface area (Å²) in [5.74, 6) is -0.996. The lowest BCUT2D eigenvalue weighted by atomic mass is 9.95. The lowest BCUT2D eigenvalue weighted by Crippen LogP contribution is -2.47. The summed E-state index contributed by atoms with van der Waals surface area (Å²) >= 11 is 0. The first-order valence-electron chi connectivity index (χ1n) is 9.96. The fourth-order valence-electron chi connectivity index (χ4n) is 3.27. The first kappa shape index (κ1) is 22.8. The van der Waals surface area contributed by atoms with Crippen LogP contribution in [0.5, 0.6) is 5.75 Å². The van der Waals surface area contributed by atoms with Crippen molar-refractivity contribution in [3.63, 3.8) is 0 Å². The van der Waals surface area contributed by atoms with Gasteiger partial charge in [-0.3, -0.25) is 4.79 Å². The number of esters is 2. The Kier molecular flexibility index (Phi) is 7.08. The predicted molar refractivity (Wildman–Crippen MR) is 111 cm³/mol. The normalized spacial score (nSPS) is 18.4. The summed E-state index contributed by atoms with van der Waals surface area (Å²) in [6.45, 7) is 1.40. The topological polar surface area (TPSA) is 136 Å². The van der Waals surface area contributed by atoms with Gasteiger partial charge in [-0.25, -0.2) is 19.4 Å². The first-order valence-corrected chi connectivity index (χ1v) is 9.96. The Morgan fingerprint density at radius 1 is 1.12 bits per heavy atom. The molecule has 0 spiro atoms. The molecule has 170 valence electrons. The Morgan fingerprint density at radius 3 is 2.47 bits per heavy atom. The molecule has 3 rings (SSSR count). The molecule has 11 nitrogen and oxygen atoms in total. The average molecular weight is 444 g/mol. The van der Waals surface area contributed by atoms with Crippen LogP contribution < -0.4 is 15.4 Å². The van der Waals surface area contributed by atoms with E-state index in [1.807, 2.05) is 0 Å². The van der Waals surface area contributed by atoms with Gasteiger partial charge in [-0.15, -0.1) is 0 Å². The molecular formula is C21H24N4O7. The maximum atomic E-state index is 12.7. The summed E-state index contributed by atoms with van der Waals surface area (Å²) in [6, 6.07) is 5.43. The number of hydrazone groups is 1. The molecule has 0 aliphatic carbocycles. The second-order valence-corrected chi connectivity index (χ2v) is 6.96. The molecule has 3 amide bonds. The molecular weight excluding hydrogens is 420 g/mol. The predicted octanol–water partition coefficient (Wildman–Crippen LogP) is 1.02. The van der Waals surface area contributed by atoms with Crippen molar-refractivity contribution >= 4 is 29.6 Å². The highest BCUT2D eigenvalue weighted by molar-refractivity contribution is 6.37. The van der Waals surface area contributed by atoms with Crippen molar-refractivity contribution in [3.05, 3.63) is 41.1 Å². The van der Waals surface area contributed by atoms with Crippen LogP contribution in [0.2, 0.25) is 0 Å². The molecule has 1 atom stereocenters. The van der Waals surface area contributed by atoms with Gasteiger partial charge in [-0.2, -0.15) is 5.10 Å². The molecule has 2 N–H and O–H groups in total. The molecule has 0 fully saturated rings. The zero-order valence-corrected chi connectivity index (χ0v) is 18.0. The van der Waals surface area contributed by atoms with Gasteiger partial charge in [0.25, 0.3) is 0 Å². The minimum atomic E-state index is -0.821. The molecule has 0 aromatic heterocycles. The Hall–Kier alpha value is -3.89. The van der Waals surface area contributed by atoms with Gasteiger partial charge < -0.3 is 24.8 Å². The van der Waals surface area contributed by atoms with Crippen LogP contribution in [0.4, 0.5) is 4.79 Å². The van der Waals surface area contributed by atoms with Crippen molar-refractivity contribution in [1.82, 2.24) is 15.6 Å². The van der Waals surface area contributed by atoms with Crippen LogP contribution in [-0.2, 0) is 23.9 Å². The SMILES string of the molecule is CCOC(=O)C1=C(COC(=O)C2=NN(C)C(=O)CC2)NC(=O)NC1c1ccc(OC)cc1. The number of nitrogens with zero attached hydrogens (tertiary/aromatic N) is 2. The number of nitrogens with one attached hydrogen (secondary N) is 2. The zero-order chi connectivity index (χ0) is 23.3. The zero-order valence-electron chi connectivity index (χ0n) is 18.0. The van der Waals surface area contributed by atoms with Crippen molar-refractivity contribution < 1.29 is 33.4 Å². The monoisotopic (exact) mass is 444 g/mol. The van der Waals surface area contributed by atoms with Crippen molar-refractivity contribution in [2.24, 2.45) is 5.10 Å². The lowest BCUT2D eigenvalue weighted by Gasteiger charge is -2.29. The molecule has 2 heterocycles. The van der Waals surface area contributed by atoms with Gasteiger partial charge in [0.2, 0.25) is 5.91 Å². The number of amides is 3. The molecule has 1 aromatic carbocycles. The Bertz CT molecular complexity index is 984. The highest BCUT2D eigenvalue weighted by atomic mass is 16.5. The van der Waals surface area contributed by atoms with Crippen molar-refractivity contribution in [2.45, 2.75) is 25.8 Å². The molecule has 11 heteroatoms. The number of hydrogen-bond acceptors (Lipinski definition) is 8. The van der Waals surface area contributed by atoms with Crippen LogP contribution in [0.3, 0.4) is 0 Å². The standard InChI is InChI=1S/C21H24N4O7/c1-4-31-20(28)17-15(11-32-19(27)14-9-10-16(26)25(2)24-14)22-21(29)23-18(17)12-5-7-13(30-3)8-6-12/h5-8,18H,4,9-11H2,1-3H3,(H2,22,23,29). The van der Waals surface area contributed by atoms with E-state index in [0.29, 0.717) is 11.3 Å². The van der Waals surface area contributed by atoms with Gasteiger partial charge in [-0.1, -0.05) is 12.1 Å². The average Bonchev–Trinajstić information content (AvgIpc) is 2.79. The van der Waals surface area contributed by atoms with E-state index in [1.54, 1.807) is 31.2 Å². The maximum absolute atomic E-state index is 12.7. The van der Waals surface area contributed by atoms with E-state index in [1.165, 1.54) is 14.2 Å². The molecule has 0 radical (unpaired) electrons. The van der Waals surface area contributed by atoms with Gasteiger partial charge in [0.15, 0.2) is 0 Å². The fraction of sp³-hybridized carbons (Fsp3) is 0.381. The number of carbonyl (C=O) groups is 4. The third-order valence-electron chi connectivity index (χ3n) is 4.89. The largest absolute Gasteiger partial charge is 0.497 e. The minimum Gasteiger partial charge on any atom is -0.497 e. The van der Waals surface area contributed by atoms with Gasteiger partial charge in [0.1, 0.15) is 18.1 Å².